The van der Waals surface area contributed by atoms with Crippen molar-refractivity contribution in [1.82, 2.24) is 9.97 Å². The van der Waals surface area contributed by atoms with Crippen molar-refractivity contribution in [3.05, 3.63) is 53.6 Å². The lowest BCUT2D eigenvalue weighted by Crippen LogP contribution is -2.14. The van der Waals surface area contributed by atoms with E-state index in [0.717, 1.165) is 18.2 Å². The molecule has 0 aliphatic heterocycles. The first-order valence-electron chi connectivity index (χ1n) is 5.11. The average Bonchev–Trinajstić information content (AvgIpc) is 2.28. The number of benzene rings is 1. The minimum atomic E-state index is -0.764. The number of amides is 1. The van der Waals surface area contributed by atoms with Crippen LogP contribution in [0, 0.1) is 18.6 Å². The first-order valence-corrected chi connectivity index (χ1v) is 5.11. The monoisotopic (exact) mass is 249 g/mol. The summed E-state index contributed by atoms with van der Waals surface area (Å²) in [5.41, 5.74) is 0.772. The highest BCUT2D eigenvalue weighted by Crippen LogP contribution is 2.13. The van der Waals surface area contributed by atoms with Crippen molar-refractivity contribution in [2.75, 3.05) is 5.32 Å². The molecule has 0 unspecified atom stereocenters. The fourth-order valence-corrected chi connectivity index (χ4v) is 1.33. The summed E-state index contributed by atoms with van der Waals surface area (Å²) < 4.78 is 25.8. The number of hydrogen-bond acceptors (Lipinski definition) is 3. The Kier molecular flexibility index (Phi) is 3.27. The quantitative estimate of drug-likeness (QED) is 0.888. The molecule has 0 aliphatic rings. The minimum Gasteiger partial charge on any atom is -0.320 e. The fourth-order valence-electron chi connectivity index (χ4n) is 1.33. The van der Waals surface area contributed by atoms with E-state index in [2.05, 4.69) is 15.3 Å². The number of aryl methyl sites for hydroxylation is 1. The lowest BCUT2D eigenvalue weighted by Gasteiger charge is -2.04. The van der Waals surface area contributed by atoms with Gasteiger partial charge in [-0.3, -0.25) is 9.78 Å². The van der Waals surface area contributed by atoms with Crippen molar-refractivity contribution in [2.24, 2.45) is 0 Å². The molecule has 0 spiro atoms. The van der Waals surface area contributed by atoms with Crippen molar-refractivity contribution in [1.29, 1.82) is 0 Å². The van der Waals surface area contributed by atoms with Crippen molar-refractivity contribution in [2.45, 2.75) is 6.92 Å². The van der Waals surface area contributed by atoms with E-state index in [-0.39, 0.29) is 11.4 Å². The topological polar surface area (TPSA) is 54.9 Å². The second-order valence-electron chi connectivity index (χ2n) is 3.66. The standard InChI is InChI=1S/C12H9F2N3O/c1-7-5-16-11(6-15-7)12(18)17-10-3-8(13)2-9(14)4-10/h2-6H,1H3,(H,17,18). The van der Waals surface area contributed by atoms with Crippen LogP contribution in [0.4, 0.5) is 14.5 Å². The van der Waals surface area contributed by atoms with Gasteiger partial charge in [0, 0.05) is 18.0 Å². The van der Waals surface area contributed by atoms with E-state index in [9.17, 15) is 13.6 Å². The molecule has 92 valence electrons. The Hall–Kier alpha value is -2.37. The fraction of sp³-hybridized carbons (Fsp3) is 0.0833. The molecule has 2 rings (SSSR count). The summed E-state index contributed by atoms with van der Waals surface area (Å²) in [6, 6.07) is 2.76. The van der Waals surface area contributed by atoms with Crippen molar-refractivity contribution in [3.63, 3.8) is 0 Å². The van der Waals surface area contributed by atoms with E-state index in [1.54, 1.807) is 6.92 Å². The molecule has 2 aromatic rings. The van der Waals surface area contributed by atoms with Crippen LogP contribution in [0.5, 0.6) is 0 Å². The molecule has 4 nitrogen and oxygen atoms in total. The van der Waals surface area contributed by atoms with Gasteiger partial charge in [-0.15, -0.1) is 0 Å². The SMILES string of the molecule is Cc1cnc(C(=O)Nc2cc(F)cc(F)c2)cn1. The summed E-state index contributed by atoms with van der Waals surface area (Å²) in [7, 11) is 0. The summed E-state index contributed by atoms with van der Waals surface area (Å²) in [4.78, 5) is 19.5. The second kappa shape index (κ2) is 4.87. The van der Waals surface area contributed by atoms with Crippen LogP contribution in [0.1, 0.15) is 16.2 Å². The molecule has 0 atom stereocenters. The van der Waals surface area contributed by atoms with Gasteiger partial charge in [-0.05, 0) is 19.1 Å². The lowest BCUT2D eigenvalue weighted by molar-refractivity contribution is 0.102. The van der Waals surface area contributed by atoms with E-state index < -0.39 is 17.5 Å². The van der Waals surface area contributed by atoms with Gasteiger partial charge in [0.1, 0.15) is 17.3 Å². The molecular formula is C12H9F2N3O. The van der Waals surface area contributed by atoms with Gasteiger partial charge in [-0.1, -0.05) is 0 Å². The molecule has 1 amide bonds. The van der Waals surface area contributed by atoms with Gasteiger partial charge in [0.25, 0.3) is 5.91 Å². The molecular weight excluding hydrogens is 240 g/mol. The van der Waals surface area contributed by atoms with Crippen LogP contribution >= 0.6 is 0 Å². The van der Waals surface area contributed by atoms with Gasteiger partial charge in [-0.25, -0.2) is 13.8 Å². The minimum absolute atomic E-state index is 0.0277. The van der Waals surface area contributed by atoms with Crippen LogP contribution in [0.3, 0.4) is 0 Å². The maximum Gasteiger partial charge on any atom is 0.275 e. The van der Waals surface area contributed by atoms with Crippen molar-refractivity contribution < 1.29 is 13.6 Å². The number of nitrogens with zero attached hydrogens (tertiary/aromatic N) is 2. The predicted octanol–water partition coefficient (Wildman–Crippen LogP) is 2.32. The zero-order valence-electron chi connectivity index (χ0n) is 9.45. The molecule has 0 fully saturated rings. The number of aromatic nitrogens is 2. The average molecular weight is 249 g/mol. The maximum absolute atomic E-state index is 12.9. The molecule has 1 aromatic heterocycles. The molecule has 0 aliphatic carbocycles. The molecule has 1 aromatic carbocycles. The van der Waals surface area contributed by atoms with Crippen molar-refractivity contribution in [3.8, 4) is 0 Å². The van der Waals surface area contributed by atoms with Gasteiger partial charge < -0.3 is 5.32 Å². The highest BCUT2D eigenvalue weighted by molar-refractivity contribution is 6.02. The molecule has 0 bridgehead atoms. The number of carbonyl (C=O) groups excluding carboxylic acids is 1. The molecule has 0 radical (unpaired) electrons. The van der Waals surface area contributed by atoms with Crippen LogP contribution in [0.15, 0.2) is 30.6 Å². The Morgan fingerprint density at radius 2 is 1.78 bits per heavy atom. The smallest absolute Gasteiger partial charge is 0.275 e. The first kappa shape index (κ1) is 12.1. The molecule has 18 heavy (non-hydrogen) atoms. The number of rotatable bonds is 2. The number of hydrogen-bond donors (Lipinski definition) is 1. The van der Waals surface area contributed by atoms with Gasteiger partial charge >= 0.3 is 0 Å². The Bertz CT molecular complexity index is 564. The zero-order valence-corrected chi connectivity index (χ0v) is 9.45. The maximum atomic E-state index is 12.9. The molecule has 0 saturated carbocycles. The summed E-state index contributed by atoms with van der Waals surface area (Å²) in [6.07, 6.45) is 2.72. The zero-order chi connectivity index (χ0) is 13.1. The Labute approximate surface area is 102 Å². The van der Waals surface area contributed by atoms with E-state index in [0.29, 0.717) is 5.69 Å². The van der Waals surface area contributed by atoms with Crippen molar-refractivity contribution >= 4 is 11.6 Å². The summed E-state index contributed by atoms with van der Waals surface area (Å²) >= 11 is 0. The summed E-state index contributed by atoms with van der Waals surface area (Å²) in [5.74, 6) is -2.10. The molecule has 0 saturated heterocycles. The van der Waals surface area contributed by atoms with Gasteiger partial charge in [0.05, 0.1) is 11.9 Å². The number of halogens is 2. The number of nitrogens with one attached hydrogen (secondary N) is 1. The normalized spacial score (nSPS) is 10.2. The summed E-state index contributed by atoms with van der Waals surface area (Å²) in [6.45, 7) is 1.73. The molecule has 6 heteroatoms. The second-order valence-corrected chi connectivity index (χ2v) is 3.66. The predicted molar refractivity (Wildman–Crippen MR) is 61.1 cm³/mol. The van der Waals surface area contributed by atoms with Crippen LogP contribution in [0.2, 0.25) is 0 Å². The van der Waals surface area contributed by atoms with Crippen LogP contribution in [-0.2, 0) is 0 Å². The summed E-state index contributed by atoms with van der Waals surface area (Å²) in [5, 5.41) is 2.34. The highest BCUT2D eigenvalue weighted by Gasteiger charge is 2.09. The van der Waals surface area contributed by atoms with Gasteiger partial charge in [0.15, 0.2) is 0 Å². The van der Waals surface area contributed by atoms with Crippen LogP contribution in [-0.4, -0.2) is 15.9 Å². The third-order valence-electron chi connectivity index (χ3n) is 2.13. The third-order valence-corrected chi connectivity index (χ3v) is 2.13. The Morgan fingerprint density at radius 3 is 2.33 bits per heavy atom. The third kappa shape index (κ3) is 2.85. The number of anilines is 1. The molecule has 1 heterocycles. The van der Waals surface area contributed by atoms with Gasteiger partial charge in [0.2, 0.25) is 0 Å². The van der Waals surface area contributed by atoms with E-state index in [1.165, 1.54) is 12.4 Å². The highest BCUT2D eigenvalue weighted by atomic mass is 19.1. The number of carbonyl (C=O) groups is 1. The van der Waals surface area contributed by atoms with E-state index in [1.807, 2.05) is 0 Å². The largest absolute Gasteiger partial charge is 0.320 e. The van der Waals surface area contributed by atoms with Gasteiger partial charge in [-0.2, -0.15) is 0 Å². The van der Waals surface area contributed by atoms with E-state index in [4.69, 9.17) is 0 Å². The Morgan fingerprint density at radius 1 is 1.11 bits per heavy atom. The van der Waals surface area contributed by atoms with E-state index >= 15 is 0 Å². The van der Waals surface area contributed by atoms with Crippen LogP contribution in [0.25, 0.3) is 0 Å². The molecule has 1 N–H and O–H groups in total. The lowest BCUT2D eigenvalue weighted by atomic mass is 10.3. The Balaban J connectivity index is 2.18. The van der Waals surface area contributed by atoms with Crippen LogP contribution < -0.4 is 5.32 Å². The first-order chi connectivity index (χ1) is 8.54.